The van der Waals surface area contributed by atoms with E-state index in [-0.39, 0.29) is 12.3 Å². The first-order valence-corrected chi connectivity index (χ1v) is 6.00. The molecule has 3 nitrogen and oxygen atoms in total. The molecular weight excluding hydrogens is 204 g/mol. The van der Waals surface area contributed by atoms with Crippen LogP contribution in [0.4, 0.5) is 0 Å². The molecule has 1 rings (SSSR count). The first kappa shape index (κ1) is 12.9. The van der Waals surface area contributed by atoms with E-state index in [1.807, 2.05) is 12.2 Å². The second-order valence-electron chi connectivity index (χ2n) is 4.71. The average molecular weight is 224 g/mol. The number of carbonyl (C=O) groups is 2. The fourth-order valence-corrected chi connectivity index (χ4v) is 1.71. The molecule has 16 heavy (non-hydrogen) atoms. The van der Waals surface area contributed by atoms with Crippen molar-refractivity contribution in [2.75, 3.05) is 0 Å². The van der Waals surface area contributed by atoms with Crippen LogP contribution in [0, 0.1) is 11.8 Å². The van der Waals surface area contributed by atoms with E-state index in [4.69, 9.17) is 0 Å². The van der Waals surface area contributed by atoms with Gasteiger partial charge in [-0.2, -0.15) is 0 Å². The molecule has 1 fully saturated rings. The predicted octanol–water partition coefficient (Wildman–Crippen LogP) is 2.85. The highest BCUT2D eigenvalue weighted by Gasteiger charge is 2.30. The number of esters is 2. The number of ether oxygens (including phenoxy) is 1. The van der Waals surface area contributed by atoms with E-state index in [9.17, 15) is 9.59 Å². The Hall–Kier alpha value is -1.12. The van der Waals surface area contributed by atoms with Crippen molar-refractivity contribution in [3.05, 3.63) is 12.2 Å². The fourth-order valence-electron chi connectivity index (χ4n) is 1.71. The van der Waals surface area contributed by atoms with Gasteiger partial charge in [-0.3, -0.25) is 9.59 Å². The third-order valence-corrected chi connectivity index (χ3v) is 2.67. The molecule has 1 atom stereocenters. The molecule has 1 aliphatic rings. The molecule has 0 aromatic carbocycles. The smallest absolute Gasteiger partial charge is 0.321 e. The van der Waals surface area contributed by atoms with Crippen LogP contribution < -0.4 is 0 Å². The van der Waals surface area contributed by atoms with Gasteiger partial charge in [0.05, 0.1) is 12.3 Å². The summed E-state index contributed by atoms with van der Waals surface area (Å²) in [7, 11) is 0. The van der Waals surface area contributed by atoms with Gasteiger partial charge in [-0.05, 0) is 18.8 Å². The fraction of sp³-hybridized carbons (Fsp3) is 0.692. The van der Waals surface area contributed by atoms with Gasteiger partial charge in [0.25, 0.3) is 0 Å². The summed E-state index contributed by atoms with van der Waals surface area (Å²) in [6, 6.07) is 0. The van der Waals surface area contributed by atoms with Gasteiger partial charge in [0.15, 0.2) is 0 Å². The van der Waals surface area contributed by atoms with Crippen molar-refractivity contribution in [2.45, 2.75) is 46.0 Å². The van der Waals surface area contributed by atoms with Crippen LogP contribution in [-0.4, -0.2) is 11.9 Å². The molecule has 1 aliphatic heterocycles. The molecule has 0 spiro atoms. The van der Waals surface area contributed by atoms with Crippen LogP contribution >= 0.6 is 0 Å². The molecule has 0 aromatic rings. The van der Waals surface area contributed by atoms with E-state index in [0.717, 1.165) is 18.8 Å². The lowest BCUT2D eigenvalue weighted by molar-refractivity contribution is -0.152. The summed E-state index contributed by atoms with van der Waals surface area (Å²) in [5, 5.41) is 0. The highest BCUT2D eigenvalue weighted by atomic mass is 16.6. The molecule has 0 aromatic heterocycles. The van der Waals surface area contributed by atoms with Gasteiger partial charge >= 0.3 is 11.9 Å². The van der Waals surface area contributed by atoms with Crippen LogP contribution in [0.5, 0.6) is 0 Å². The molecule has 0 radical (unpaired) electrons. The molecule has 0 amide bonds. The lowest BCUT2D eigenvalue weighted by Crippen LogP contribution is -2.03. The monoisotopic (exact) mass is 224 g/mol. The maximum atomic E-state index is 11.1. The summed E-state index contributed by atoms with van der Waals surface area (Å²) >= 11 is 0. The molecule has 0 bridgehead atoms. The zero-order chi connectivity index (χ0) is 12.0. The highest BCUT2D eigenvalue weighted by Crippen LogP contribution is 2.17. The van der Waals surface area contributed by atoms with Gasteiger partial charge in [-0.25, -0.2) is 0 Å². The van der Waals surface area contributed by atoms with Gasteiger partial charge in [-0.15, -0.1) is 0 Å². The Morgan fingerprint density at radius 3 is 2.69 bits per heavy atom. The summed E-state index contributed by atoms with van der Waals surface area (Å²) in [5.74, 6) is -0.383. The molecule has 1 heterocycles. The number of cyclic esters (lactones) is 2. The lowest BCUT2D eigenvalue weighted by atomic mass is 10.0. The predicted molar refractivity (Wildman–Crippen MR) is 61.7 cm³/mol. The summed E-state index contributed by atoms with van der Waals surface area (Å²) in [6.45, 7) is 4.44. The standard InChI is InChI=1S/C13H20O3/c1-10(2)7-5-3-4-6-8-11-9-12(14)16-13(11)15/h6,8,10-11H,3-5,7,9H2,1-2H3/b8-6+/t11-/m0/s1. The molecule has 90 valence electrons. The maximum Gasteiger partial charge on any atom is 0.321 e. The zero-order valence-corrected chi connectivity index (χ0v) is 10.1. The molecule has 0 saturated carbocycles. The Labute approximate surface area is 96.9 Å². The van der Waals surface area contributed by atoms with Crippen LogP contribution in [0.2, 0.25) is 0 Å². The van der Waals surface area contributed by atoms with Crippen LogP contribution in [0.3, 0.4) is 0 Å². The normalized spacial score (nSPS) is 21.1. The minimum Gasteiger partial charge on any atom is -0.393 e. The molecule has 0 N–H and O–H groups in total. The second kappa shape index (κ2) is 6.46. The largest absolute Gasteiger partial charge is 0.393 e. The van der Waals surface area contributed by atoms with Gasteiger partial charge in [0.1, 0.15) is 0 Å². The van der Waals surface area contributed by atoms with Crippen molar-refractivity contribution >= 4 is 11.9 Å². The first-order valence-electron chi connectivity index (χ1n) is 6.00. The summed E-state index contributed by atoms with van der Waals surface area (Å²) in [5.41, 5.74) is 0. The summed E-state index contributed by atoms with van der Waals surface area (Å²) < 4.78 is 4.45. The van der Waals surface area contributed by atoms with E-state index < -0.39 is 11.9 Å². The quantitative estimate of drug-likeness (QED) is 0.301. The Balaban J connectivity index is 2.13. The first-order chi connectivity index (χ1) is 7.59. The Bertz CT molecular complexity index is 279. The number of rotatable bonds is 6. The van der Waals surface area contributed by atoms with Crippen LogP contribution in [0.15, 0.2) is 12.2 Å². The van der Waals surface area contributed by atoms with Gasteiger partial charge in [0.2, 0.25) is 0 Å². The van der Waals surface area contributed by atoms with Crippen LogP contribution in [0.1, 0.15) is 46.0 Å². The lowest BCUT2D eigenvalue weighted by Gasteiger charge is -2.02. The minimum atomic E-state index is -0.403. The minimum absolute atomic E-state index is 0.210. The zero-order valence-electron chi connectivity index (χ0n) is 10.1. The Morgan fingerprint density at radius 1 is 1.38 bits per heavy atom. The van der Waals surface area contributed by atoms with Crippen molar-refractivity contribution in [3.63, 3.8) is 0 Å². The SMILES string of the molecule is CC(C)CCCC/C=C/[C@H]1CC(=O)OC1=O. The molecule has 1 saturated heterocycles. The van der Waals surface area contributed by atoms with E-state index in [0.29, 0.717) is 0 Å². The van der Waals surface area contributed by atoms with Crippen molar-refractivity contribution in [3.8, 4) is 0 Å². The van der Waals surface area contributed by atoms with Crippen molar-refractivity contribution in [2.24, 2.45) is 11.8 Å². The molecule has 3 heteroatoms. The average Bonchev–Trinajstić information content (AvgIpc) is 2.50. The second-order valence-corrected chi connectivity index (χ2v) is 4.71. The number of carbonyl (C=O) groups excluding carboxylic acids is 2. The van der Waals surface area contributed by atoms with E-state index in [1.54, 1.807) is 0 Å². The number of unbranched alkanes of at least 4 members (excludes halogenated alkanes) is 2. The summed E-state index contributed by atoms with van der Waals surface area (Å²) in [6.07, 6.45) is 8.59. The number of hydrogen-bond donors (Lipinski definition) is 0. The molecule has 0 aliphatic carbocycles. The van der Waals surface area contributed by atoms with Crippen LogP contribution in [-0.2, 0) is 14.3 Å². The number of hydrogen-bond acceptors (Lipinski definition) is 3. The van der Waals surface area contributed by atoms with E-state index in [1.165, 1.54) is 12.8 Å². The van der Waals surface area contributed by atoms with E-state index in [2.05, 4.69) is 18.6 Å². The van der Waals surface area contributed by atoms with Crippen LogP contribution in [0.25, 0.3) is 0 Å². The molecular formula is C13H20O3. The topological polar surface area (TPSA) is 43.4 Å². The van der Waals surface area contributed by atoms with Crippen molar-refractivity contribution in [1.82, 2.24) is 0 Å². The maximum absolute atomic E-state index is 11.1. The van der Waals surface area contributed by atoms with Crippen molar-refractivity contribution in [1.29, 1.82) is 0 Å². The summed E-state index contributed by atoms with van der Waals surface area (Å²) in [4.78, 5) is 21.9. The van der Waals surface area contributed by atoms with Gasteiger partial charge in [0, 0.05) is 0 Å². The number of allylic oxidation sites excluding steroid dienone is 1. The Morgan fingerprint density at radius 2 is 2.12 bits per heavy atom. The third kappa shape index (κ3) is 4.60. The Kier molecular flexibility index (Phi) is 5.23. The molecule has 0 unspecified atom stereocenters. The van der Waals surface area contributed by atoms with Gasteiger partial charge in [-0.1, -0.05) is 38.8 Å². The van der Waals surface area contributed by atoms with Crippen molar-refractivity contribution < 1.29 is 14.3 Å². The van der Waals surface area contributed by atoms with E-state index >= 15 is 0 Å². The van der Waals surface area contributed by atoms with Gasteiger partial charge < -0.3 is 4.74 Å². The highest BCUT2D eigenvalue weighted by molar-refractivity contribution is 5.95. The third-order valence-electron chi connectivity index (χ3n) is 2.67.